The van der Waals surface area contributed by atoms with Crippen molar-refractivity contribution in [2.24, 2.45) is 11.7 Å². The van der Waals surface area contributed by atoms with Gasteiger partial charge in [-0.2, -0.15) is 0 Å². The molecule has 0 aromatic heterocycles. The van der Waals surface area contributed by atoms with E-state index in [-0.39, 0.29) is 0 Å². The van der Waals surface area contributed by atoms with Gasteiger partial charge in [0.25, 0.3) is 11.8 Å². The Balaban J connectivity index is 2.81. The molecule has 0 fully saturated rings. The number of carbonyl (C=O) groups excluding carboxylic acids is 2. The number of nitrogens with two attached hydrogens (primary N) is 1. The minimum Gasteiger partial charge on any atom is -0.338 e. The summed E-state index contributed by atoms with van der Waals surface area (Å²) in [5, 5.41) is 11.3. The normalized spacial score (nSPS) is 11.5. The highest BCUT2D eigenvalue weighted by atomic mass is 16.5. The van der Waals surface area contributed by atoms with E-state index >= 15 is 0 Å². The van der Waals surface area contributed by atoms with Crippen LogP contribution in [0.25, 0.3) is 0 Å². The molecule has 0 aliphatic heterocycles. The second kappa shape index (κ2) is 9.62. The molecule has 0 spiro atoms. The monoisotopic (exact) mass is 355 g/mol. The van der Waals surface area contributed by atoms with Gasteiger partial charge in [0.1, 0.15) is 6.04 Å². The average molecular weight is 355 g/mol. The van der Waals surface area contributed by atoms with Gasteiger partial charge >= 0.3 is 0 Å². The molecule has 1 aromatic rings. The Kier molecular flexibility index (Phi) is 7.86. The van der Waals surface area contributed by atoms with Crippen LogP contribution in [0.15, 0.2) is 24.3 Å². The molecule has 0 bridgehead atoms. The zero-order chi connectivity index (χ0) is 19.7. The Morgan fingerprint density at radius 3 is 2.31 bits per heavy atom. The van der Waals surface area contributed by atoms with E-state index in [1.54, 1.807) is 38.1 Å². The lowest BCUT2D eigenvalue weighted by Gasteiger charge is -2.29. The first kappa shape index (κ1) is 21.2. The number of carbonyl (C=O) groups is 2. The number of hydroxylamine groups is 1. The molecule has 1 rings (SSSR count). The molecule has 0 unspecified atom stereocenters. The van der Waals surface area contributed by atoms with Crippen molar-refractivity contribution in [3.8, 4) is 23.7 Å². The summed E-state index contributed by atoms with van der Waals surface area (Å²) in [4.78, 5) is 24.0. The maximum Gasteiger partial charge on any atom is 0.267 e. The molecule has 0 saturated carbocycles. The molecular weight excluding hydrogens is 330 g/mol. The third-order valence-electron chi connectivity index (χ3n) is 3.41. The summed E-state index contributed by atoms with van der Waals surface area (Å²) in [7, 11) is 0. The predicted molar refractivity (Wildman–Crippen MR) is 100 cm³/mol. The molecule has 1 atom stereocenters. The van der Waals surface area contributed by atoms with Gasteiger partial charge in [0.2, 0.25) is 0 Å². The average Bonchev–Trinajstić information content (AvgIpc) is 2.57. The first-order valence-corrected chi connectivity index (χ1v) is 8.27. The number of nitrogens with one attached hydrogen (secondary N) is 2. The van der Waals surface area contributed by atoms with Crippen LogP contribution in [0, 0.1) is 29.6 Å². The van der Waals surface area contributed by atoms with Crippen molar-refractivity contribution >= 4 is 11.8 Å². The summed E-state index contributed by atoms with van der Waals surface area (Å²) in [5.41, 5.74) is 7.42. The van der Waals surface area contributed by atoms with Crippen LogP contribution in [0.1, 0.15) is 50.0 Å². The van der Waals surface area contributed by atoms with Crippen LogP contribution >= 0.6 is 0 Å². The number of benzene rings is 1. The smallest absolute Gasteiger partial charge is 0.267 e. The van der Waals surface area contributed by atoms with Gasteiger partial charge in [0, 0.05) is 23.1 Å². The van der Waals surface area contributed by atoms with Gasteiger partial charge in [0.15, 0.2) is 0 Å². The van der Waals surface area contributed by atoms with Crippen molar-refractivity contribution in [2.45, 2.75) is 45.7 Å². The van der Waals surface area contributed by atoms with Crippen LogP contribution in [-0.2, 0) is 4.79 Å². The lowest BCUT2D eigenvalue weighted by Crippen LogP contribution is -2.61. The molecule has 1 aromatic carbocycles. The van der Waals surface area contributed by atoms with E-state index in [0.29, 0.717) is 11.5 Å². The van der Waals surface area contributed by atoms with E-state index < -0.39 is 23.4 Å². The maximum absolute atomic E-state index is 12.3. The van der Waals surface area contributed by atoms with Crippen molar-refractivity contribution in [1.29, 1.82) is 0 Å². The number of amides is 2. The largest absolute Gasteiger partial charge is 0.338 e. The molecule has 0 aliphatic rings. The van der Waals surface area contributed by atoms with Gasteiger partial charge < -0.3 is 11.1 Å². The van der Waals surface area contributed by atoms with E-state index in [1.165, 1.54) is 5.48 Å². The summed E-state index contributed by atoms with van der Waals surface area (Å²) in [5.74, 6) is 10.7. The van der Waals surface area contributed by atoms with Crippen LogP contribution in [0.4, 0.5) is 0 Å². The fraction of sp³-hybridized carbons (Fsp3) is 0.400. The molecular formula is C20H25N3O3. The van der Waals surface area contributed by atoms with E-state index in [9.17, 15) is 9.59 Å². The molecule has 138 valence electrons. The van der Waals surface area contributed by atoms with Crippen molar-refractivity contribution in [1.82, 2.24) is 10.8 Å². The molecule has 6 heteroatoms. The van der Waals surface area contributed by atoms with E-state index in [4.69, 9.17) is 10.9 Å². The van der Waals surface area contributed by atoms with E-state index in [1.807, 2.05) is 0 Å². The SMILES string of the molecule is CC(C)CC#CC#Cc1ccc(C(=O)N[C@H](C(=O)NO)C(C)(C)N)cc1. The first-order chi connectivity index (χ1) is 12.1. The summed E-state index contributed by atoms with van der Waals surface area (Å²) >= 11 is 0. The lowest BCUT2D eigenvalue weighted by molar-refractivity contribution is -0.132. The summed E-state index contributed by atoms with van der Waals surface area (Å²) < 4.78 is 0. The minimum absolute atomic E-state index is 0.349. The van der Waals surface area contributed by atoms with E-state index in [0.717, 1.165) is 12.0 Å². The molecule has 0 radical (unpaired) electrons. The second-order valence-corrected chi connectivity index (χ2v) is 6.93. The van der Waals surface area contributed by atoms with Gasteiger partial charge in [0.05, 0.1) is 0 Å². The molecule has 2 amide bonds. The molecule has 5 N–H and O–H groups in total. The Bertz CT molecular complexity index is 754. The summed E-state index contributed by atoms with van der Waals surface area (Å²) in [6, 6.07) is 5.49. The van der Waals surface area contributed by atoms with Crippen molar-refractivity contribution < 1.29 is 14.8 Å². The van der Waals surface area contributed by atoms with Gasteiger partial charge in [-0.15, -0.1) is 0 Å². The topological polar surface area (TPSA) is 104 Å². The Morgan fingerprint density at radius 2 is 1.81 bits per heavy atom. The van der Waals surface area contributed by atoms with Crippen LogP contribution in [-0.4, -0.2) is 28.6 Å². The van der Waals surface area contributed by atoms with Crippen molar-refractivity contribution in [3.63, 3.8) is 0 Å². The van der Waals surface area contributed by atoms with Crippen molar-refractivity contribution in [3.05, 3.63) is 35.4 Å². The van der Waals surface area contributed by atoms with Crippen molar-refractivity contribution in [2.75, 3.05) is 0 Å². The van der Waals surface area contributed by atoms with Gasteiger partial charge in [-0.05, 0) is 55.9 Å². The quantitative estimate of drug-likeness (QED) is 0.364. The van der Waals surface area contributed by atoms with Crippen LogP contribution in [0.5, 0.6) is 0 Å². The number of hydrogen-bond donors (Lipinski definition) is 4. The highest BCUT2D eigenvalue weighted by molar-refractivity contribution is 5.97. The fourth-order valence-corrected chi connectivity index (χ4v) is 1.98. The maximum atomic E-state index is 12.3. The van der Waals surface area contributed by atoms with Crippen LogP contribution in [0.2, 0.25) is 0 Å². The first-order valence-electron chi connectivity index (χ1n) is 8.27. The zero-order valence-electron chi connectivity index (χ0n) is 15.5. The third-order valence-corrected chi connectivity index (χ3v) is 3.41. The minimum atomic E-state index is -1.09. The Labute approximate surface area is 154 Å². The molecule has 26 heavy (non-hydrogen) atoms. The molecule has 0 saturated heterocycles. The van der Waals surface area contributed by atoms with Crippen LogP contribution in [0.3, 0.4) is 0 Å². The fourth-order valence-electron chi connectivity index (χ4n) is 1.98. The summed E-state index contributed by atoms with van der Waals surface area (Å²) in [6.45, 7) is 7.33. The number of rotatable bonds is 5. The number of hydrogen-bond acceptors (Lipinski definition) is 4. The van der Waals surface area contributed by atoms with Crippen LogP contribution < -0.4 is 16.5 Å². The second-order valence-electron chi connectivity index (χ2n) is 6.93. The highest BCUT2D eigenvalue weighted by Gasteiger charge is 2.33. The van der Waals surface area contributed by atoms with Gasteiger partial charge in [-0.25, -0.2) is 5.48 Å². The highest BCUT2D eigenvalue weighted by Crippen LogP contribution is 2.09. The standard InChI is InChI=1S/C20H25N3O3/c1-14(2)8-6-5-7-9-15-10-12-16(13-11-15)18(24)22-17(19(25)23-26)20(3,4)21/h10-14,17,26H,8,21H2,1-4H3,(H,22,24)(H,23,25)/t17-/m1/s1. The van der Waals surface area contributed by atoms with Gasteiger partial charge in [-0.3, -0.25) is 14.8 Å². The zero-order valence-corrected chi connectivity index (χ0v) is 15.5. The predicted octanol–water partition coefficient (Wildman–Crippen LogP) is 1.43. The Morgan fingerprint density at radius 1 is 1.19 bits per heavy atom. The molecule has 0 aliphatic carbocycles. The lowest BCUT2D eigenvalue weighted by atomic mass is 9.95. The third kappa shape index (κ3) is 6.98. The Hall–Kier alpha value is -2.80. The van der Waals surface area contributed by atoms with E-state index in [2.05, 4.69) is 42.8 Å². The molecule has 6 nitrogen and oxygen atoms in total. The summed E-state index contributed by atoms with van der Waals surface area (Å²) in [6.07, 6.45) is 0.799. The molecule has 0 heterocycles. The van der Waals surface area contributed by atoms with Gasteiger partial charge in [-0.1, -0.05) is 25.7 Å².